The molecule has 1 amide bonds. The van der Waals surface area contributed by atoms with Crippen LogP contribution in [-0.2, 0) is 46.9 Å². The number of amides is 1. The van der Waals surface area contributed by atoms with Crippen molar-refractivity contribution in [2.24, 2.45) is 0 Å². The van der Waals surface area contributed by atoms with Crippen molar-refractivity contribution >= 4 is 33.7 Å². The quantitative estimate of drug-likeness (QED) is 0.103. The molecule has 1 N–H and O–H groups in total. The van der Waals surface area contributed by atoms with Gasteiger partial charge in [-0.25, -0.2) is 18.0 Å². The van der Waals surface area contributed by atoms with Gasteiger partial charge in [0.25, 0.3) is 15.7 Å². The molecule has 3 rings (SSSR count). The number of alkyl carbamates (subject to hydrolysis) is 1. The number of nitro benzene ring substituents is 1. The molecule has 0 aliphatic heterocycles. The molecular formula is C33H39N3O10S. The summed E-state index contributed by atoms with van der Waals surface area (Å²) < 4.78 is 45.1. The van der Waals surface area contributed by atoms with E-state index in [1.54, 1.807) is 75.4 Å². The zero-order valence-electron chi connectivity index (χ0n) is 26.7. The zero-order valence-corrected chi connectivity index (χ0v) is 27.5. The van der Waals surface area contributed by atoms with Crippen LogP contribution in [0, 0.1) is 10.1 Å². The van der Waals surface area contributed by atoms with E-state index < -0.39 is 61.2 Å². The molecule has 0 fully saturated rings. The van der Waals surface area contributed by atoms with Crippen LogP contribution in [-0.4, -0.2) is 67.0 Å². The number of sulfonamides is 1. The normalized spacial score (nSPS) is 12.9. The number of carbonyl (C=O) groups is 3. The number of ether oxygens (including phenoxy) is 3. The zero-order chi connectivity index (χ0) is 34.6. The summed E-state index contributed by atoms with van der Waals surface area (Å²) in [7, 11) is -3.59. The Hall–Kier alpha value is -4.82. The number of benzene rings is 3. The van der Waals surface area contributed by atoms with Gasteiger partial charge in [0.15, 0.2) is 4.90 Å². The molecule has 0 spiro atoms. The maximum atomic E-state index is 14.3. The Bertz CT molecular complexity index is 1630. The highest BCUT2D eigenvalue weighted by molar-refractivity contribution is 7.89. The molecule has 0 aliphatic rings. The fourth-order valence-corrected chi connectivity index (χ4v) is 6.43. The van der Waals surface area contributed by atoms with E-state index in [-0.39, 0.29) is 32.4 Å². The lowest BCUT2D eigenvalue weighted by molar-refractivity contribution is -0.387. The molecule has 14 heteroatoms. The molecule has 0 aromatic heterocycles. The van der Waals surface area contributed by atoms with Crippen molar-refractivity contribution in [3.8, 4) is 0 Å². The van der Waals surface area contributed by atoms with Gasteiger partial charge in [0.05, 0.1) is 12.0 Å². The predicted molar refractivity (Wildman–Crippen MR) is 172 cm³/mol. The highest BCUT2D eigenvalue weighted by Crippen LogP contribution is 2.30. The molecule has 0 saturated carbocycles. The molecular weight excluding hydrogens is 630 g/mol. The fourth-order valence-electron chi connectivity index (χ4n) is 4.66. The smallest absolute Gasteiger partial charge is 0.408 e. The SMILES string of the molecule is COC(=O)[C@H](CCCN([C@@H](Cc1ccccc1)C(=O)OC(C)(C)C)S(=O)(=O)c1ccccc1[N+](=O)[O-])NC(=O)OCc1ccccc1. The first-order chi connectivity index (χ1) is 22.2. The summed E-state index contributed by atoms with van der Waals surface area (Å²) in [5.74, 6) is -1.67. The van der Waals surface area contributed by atoms with E-state index in [2.05, 4.69) is 5.32 Å². The summed E-state index contributed by atoms with van der Waals surface area (Å²) >= 11 is 0. The number of methoxy groups -OCH3 is 1. The molecule has 2 atom stereocenters. The van der Waals surface area contributed by atoms with E-state index in [1.165, 1.54) is 12.1 Å². The Balaban J connectivity index is 1.95. The van der Waals surface area contributed by atoms with Crippen LogP contribution in [0.2, 0.25) is 0 Å². The Labute approximate surface area is 274 Å². The van der Waals surface area contributed by atoms with Crippen LogP contribution in [0.25, 0.3) is 0 Å². The summed E-state index contributed by atoms with van der Waals surface area (Å²) in [5, 5.41) is 14.3. The van der Waals surface area contributed by atoms with E-state index in [9.17, 15) is 32.9 Å². The summed E-state index contributed by atoms with van der Waals surface area (Å²) in [5.41, 5.74) is -0.322. The Morgan fingerprint density at radius 3 is 2.04 bits per heavy atom. The van der Waals surface area contributed by atoms with Crippen molar-refractivity contribution < 1.29 is 41.9 Å². The third-order valence-electron chi connectivity index (χ3n) is 6.81. The van der Waals surface area contributed by atoms with E-state index in [4.69, 9.17) is 14.2 Å². The van der Waals surface area contributed by atoms with Crippen molar-refractivity contribution in [2.75, 3.05) is 13.7 Å². The van der Waals surface area contributed by atoms with Crippen molar-refractivity contribution in [1.82, 2.24) is 9.62 Å². The average Bonchev–Trinajstić information content (AvgIpc) is 3.04. The number of nitro groups is 1. The molecule has 13 nitrogen and oxygen atoms in total. The Kier molecular flexibility index (Phi) is 13.0. The molecule has 0 unspecified atom stereocenters. The number of nitrogens with zero attached hydrogens (tertiary/aromatic N) is 2. The van der Waals surface area contributed by atoms with Crippen LogP contribution in [0.15, 0.2) is 89.8 Å². The number of carbonyl (C=O) groups excluding carboxylic acids is 3. The average molecular weight is 670 g/mol. The molecule has 0 saturated heterocycles. The van der Waals surface area contributed by atoms with Crippen molar-refractivity contribution in [3.63, 3.8) is 0 Å². The first kappa shape index (κ1) is 36.6. The Morgan fingerprint density at radius 2 is 1.47 bits per heavy atom. The first-order valence-electron chi connectivity index (χ1n) is 14.8. The van der Waals surface area contributed by atoms with Crippen LogP contribution >= 0.6 is 0 Å². The van der Waals surface area contributed by atoms with E-state index in [0.29, 0.717) is 5.56 Å². The number of esters is 2. The minimum absolute atomic E-state index is 0.0561. The third kappa shape index (κ3) is 10.9. The largest absolute Gasteiger partial charge is 0.467 e. The second kappa shape index (κ2) is 16.7. The van der Waals surface area contributed by atoms with Gasteiger partial charge in [-0.15, -0.1) is 0 Å². The van der Waals surface area contributed by atoms with Gasteiger partial charge in [-0.1, -0.05) is 72.8 Å². The molecule has 0 bridgehead atoms. The molecule has 252 valence electrons. The number of hydrogen-bond acceptors (Lipinski definition) is 10. The van der Waals surface area contributed by atoms with Gasteiger partial charge in [-0.05, 0) is 57.2 Å². The van der Waals surface area contributed by atoms with Gasteiger partial charge in [-0.3, -0.25) is 14.9 Å². The van der Waals surface area contributed by atoms with E-state index in [1.807, 2.05) is 6.07 Å². The number of para-hydroxylation sites is 1. The van der Waals surface area contributed by atoms with E-state index in [0.717, 1.165) is 29.1 Å². The summed E-state index contributed by atoms with van der Waals surface area (Å²) in [4.78, 5) is 49.3. The molecule has 3 aromatic carbocycles. The monoisotopic (exact) mass is 669 g/mol. The molecule has 0 radical (unpaired) electrons. The lowest BCUT2D eigenvalue weighted by Crippen LogP contribution is -2.49. The van der Waals surface area contributed by atoms with Gasteiger partial charge < -0.3 is 19.5 Å². The number of hydrogen-bond donors (Lipinski definition) is 1. The topological polar surface area (TPSA) is 171 Å². The fraction of sp³-hybridized carbons (Fsp3) is 0.364. The van der Waals surface area contributed by atoms with Crippen LogP contribution in [0.4, 0.5) is 10.5 Å². The summed E-state index contributed by atoms with van der Waals surface area (Å²) in [6.45, 7) is 4.47. The minimum Gasteiger partial charge on any atom is -0.467 e. The first-order valence-corrected chi connectivity index (χ1v) is 16.2. The van der Waals surface area contributed by atoms with E-state index >= 15 is 0 Å². The second-order valence-corrected chi connectivity index (χ2v) is 13.4. The van der Waals surface area contributed by atoms with Crippen molar-refractivity contribution in [3.05, 3.63) is 106 Å². The van der Waals surface area contributed by atoms with Crippen molar-refractivity contribution in [1.29, 1.82) is 0 Å². The third-order valence-corrected chi connectivity index (χ3v) is 8.76. The van der Waals surface area contributed by atoms with Crippen molar-refractivity contribution in [2.45, 2.75) is 69.2 Å². The molecule has 47 heavy (non-hydrogen) atoms. The maximum absolute atomic E-state index is 14.3. The highest BCUT2D eigenvalue weighted by atomic mass is 32.2. The Morgan fingerprint density at radius 1 is 0.894 bits per heavy atom. The van der Waals surface area contributed by atoms with Crippen LogP contribution < -0.4 is 5.32 Å². The number of rotatable bonds is 15. The van der Waals surface area contributed by atoms with Gasteiger partial charge in [0.2, 0.25) is 0 Å². The van der Waals surface area contributed by atoms with Gasteiger partial charge in [0.1, 0.15) is 24.3 Å². The molecule has 0 aliphatic carbocycles. The summed E-state index contributed by atoms with van der Waals surface area (Å²) in [6, 6.07) is 19.7. The molecule has 3 aromatic rings. The molecule has 0 heterocycles. The standard InChI is InChI=1S/C33H39N3O10S/c1-33(2,3)46-31(38)28(22-24-14-7-5-8-15-24)35(47(42,43)29-20-12-11-19-27(29)36(40)41)21-13-18-26(30(37)44-4)34-32(39)45-23-25-16-9-6-10-17-25/h5-12,14-17,19-20,26,28H,13,18,21-23H2,1-4H3,(H,34,39)/t26-,28-/m0/s1. The minimum atomic E-state index is -4.72. The lowest BCUT2D eigenvalue weighted by Gasteiger charge is -2.32. The summed E-state index contributed by atoms with van der Waals surface area (Å²) in [6.07, 6.45) is -1.21. The van der Waals surface area contributed by atoms with Crippen LogP contribution in [0.5, 0.6) is 0 Å². The maximum Gasteiger partial charge on any atom is 0.408 e. The lowest BCUT2D eigenvalue weighted by atomic mass is 10.0. The number of nitrogens with one attached hydrogen (secondary N) is 1. The highest BCUT2D eigenvalue weighted by Gasteiger charge is 2.41. The van der Waals surface area contributed by atoms with Gasteiger partial charge in [0, 0.05) is 12.6 Å². The van der Waals surface area contributed by atoms with Crippen LogP contribution in [0.3, 0.4) is 0 Å². The second-order valence-electron chi connectivity index (χ2n) is 11.5. The van der Waals surface area contributed by atoms with Gasteiger partial charge in [-0.2, -0.15) is 4.31 Å². The predicted octanol–water partition coefficient (Wildman–Crippen LogP) is 4.79. The van der Waals surface area contributed by atoms with Crippen LogP contribution in [0.1, 0.15) is 44.7 Å². The van der Waals surface area contributed by atoms with Gasteiger partial charge >= 0.3 is 18.0 Å².